The molecular weight excluding hydrogens is 393 g/mol. The molecule has 0 aromatic heterocycles. The molecule has 152 valence electrons. The van der Waals surface area contributed by atoms with Gasteiger partial charge in [-0.25, -0.2) is 4.39 Å². The molecule has 10 heteroatoms. The van der Waals surface area contributed by atoms with Crippen molar-refractivity contribution >= 4 is 41.0 Å². The van der Waals surface area contributed by atoms with E-state index in [4.69, 9.17) is 16.3 Å². The number of carbonyl (C=O) groups excluding carboxylic acids is 4. The zero-order valence-electron chi connectivity index (χ0n) is 15.4. The SMILES string of the molecule is CC(=O)N1CCN(C(=O)CCC(=O)OCC(=O)Nc2ccc(Cl)cc2F)CC1. The quantitative estimate of drug-likeness (QED) is 0.712. The first-order chi connectivity index (χ1) is 13.3. The molecule has 1 aliphatic heterocycles. The summed E-state index contributed by atoms with van der Waals surface area (Å²) in [4.78, 5) is 50.1. The van der Waals surface area contributed by atoms with Crippen molar-refractivity contribution in [3.63, 3.8) is 0 Å². The van der Waals surface area contributed by atoms with E-state index in [1.807, 2.05) is 0 Å². The zero-order valence-corrected chi connectivity index (χ0v) is 16.1. The molecule has 28 heavy (non-hydrogen) atoms. The van der Waals surface area contributed by atoms with E-state index in [0.717, 1.165) is 6.07 Å². The molecule has 0 bridgehead atoms. The minimum absolute atomic E-state index is 0.0348. The number of hydrogen-bond donors (Lipinski definition) is 1. The van der Waals surface area contributed by atoms with Crippen LogP contribution in [0.5, 0.6) is 0 Å². The van der Waals surface area contributed by atoms with Gasteiger partial charge in [-0.3, -0.25) is 19.2 Å². The molecule has 0 unspecified atom stereocenters. The fraction of sp³-hybridized carbons (Fsp3) is 0.444. The summed E-state index contributed by atoms with van der Waals surface area (Å²) in [6.07, 6.45) is -0.222. The summed E-state index contributed by atoms with van der Waals surface area (Å²) < 4.78 is 18.4. The van der Waals surface area contributed by atoms with Crippen molar-refractivity contribution in [3.05, 3.63) is 29.0 Å². The van der Waals surface area contributed by atoms with Gasteiger partial charge >= 0.3 is 5.97 Å². The van der Waals surface area contributed by atoms with Crippen LogP contribution in [0.25, 0.3) is 0 Å². The average molecular weight is 414 g/mol. The predicted molar refractivity (Wildman–Crippen MR) is 99.1 cm³/mol. The minimum Gasteiger partial charge on any atom is -0.456 e. The summed E-state index contributed by atoms with van der Waals surface area (Å²) in [7, 11) is 0. The molecule has 1 N–H and O–H groups in total. The van der Waals surface area contributed by atoms with E-state index in [1.54, 1.807) is 9.80 Å². The third-order valence-electron chi connectivity index (χ3n) is 4.19. The molecule has 3 amide bonds. The molecule has 2 rings (SSSR count). The molecule has 1 aliphatic rings. The van der Waals surface area contributed by atoms with Gasteiger partial charge in [0, 0.05) is 44.5 Å². The van der Waals surface area contributed by atoms with Gasteiger partial charge in [0.25, 0.3) is 5.91 Å². The first-order valence-electron chi connectivity index (χ1n) is 8.70. The number of amides is 3. The second kappa shape index (κ2) is 10.0. The van der Waals surface area contributed by atoms with E-state index in [0.29, 0.717) is 26.2 Å². The van der Waals surface area contributed by atoms with Gasteiger partial charge in [-0.15, -0.1) is 0 Å². The molecule has 0 aliphatic carbocycles. The second-order valence-corrected chi connectivity index (χ2v) is 6.66. The molecule has 1 aromatic carbocycles. The summed E-state index contributed by atoms with van der Waals surface area (Å²) in [5.41, 5.74) is -0.0784. The Morgan fingerprint density at radius 1 is 1.11 bits per heavy atom. The molecule has 0 atom stereocenters. The van der Waals surface area contributed by atoms with Gasteiger partial charge in [-0.05, 0) is 18.2 Å². The van der Waals surface area contributed by atoms with Crippen molar-refractivity contribution in [1.29, 1.82) is 0 Å². The van der Waals surface area contributed by atoms with E-state index in [9.17, 15) is 23.6 Å². The predicted octanol–water partition coefficient (Wildman–Crippen LogP) is 1.43. The molecule has 0 radical (unpaired) electrons. The largest absolute Gasteiger partial charge is 0.456 e. The number of hydrogen-bond acceptors (Lipinski definition) is 5. The lowest BCUT2D eigenvalue weighted by Crippen LogP contribution is -2.50. The van der Waals surface area contributed by atoms with Crippen LogP contribution in [0.4, 0.5) is 10.1 Å². The van der Waals surface area contributed by atoms with Gasteiger partial charge in [0.05, 0.1) is 12.1 Å². The molecular formula is C18H21ClFN3O5. The first-order valence-corrected chi connectivity index (χ1v) is 9.08. The van der Waals surface area contributed by atoms with Gasteiger partial charge in [0.1, 0.15) is 5.82 Å². The maximum Gasteiger partial charge on any atom is 0.306 e. The lowest BCUT2D eigenvalue weighted by Gasteiger charge is -2.34. The highest BCUT2D eigenvalue weighted by Crippen LogP contribution is 2.18. The van der Waals surface area contributed by atoms with Crippen LogP contribution in [0.3, 0.4) is 0 Å². The monoisotopic (exact) mass is 413 g/mol. The fourth-order valence-electron chi connectivity index (χ4n) is 2.63. The Labute approximate surface area is 166 Å². The highest BCUT2D eigenvalue weighted by molar-refractivity contribution is 6.30. The van der Waals surface area contributed by atoms with Gasteiger partial charge in [0.15, 0.2) is 6.61 Å². The Morgan fingerprint density at radius 2 is 1.75 bits per heavy atom. The highest BCUT2D eigenvalue weighted by Gasteiger charge is 2.22. The topological polar surface area (TPSA) is 96.0 Å². The van der Waals surface area contributed by atoms with Crippen LogP contribution in [0, 0.1) is 5.82 Å². The number of rotatable bonds is 6. The van der Waals surface area contributed by atoms with Crippen molar-refractivity contribution in [2.75, 3.05) is 38.1 Å². The van der Waals surface area contributed by atoms with Crippen LogP contribution in [0.1, 0.15) is 19.8 Å². The van der Waals surface area contributed by atoms with Crippen molar-refractivity contribution in [1.82, 2.24) is 9.80 Å². The molecule has 0 saturated carbocycles. The van der Waals surface area contributed by atoms with Crippen LogP contribution < -0.4 is 5.32 Å². The van der Waals surface area contributed by atoms with Crippen molar-refractivity contribution < 1.29 is 28.3 Å². The van der Waals surface area contributed by atoms with Crippen molar-refractivity contribution in [2.24, 2.45) is 0 Å². The smallest absolute Gasteiger partial charge is 0.306 e. The molecule has 1 aromatic rings. The van der Waals surface area contributed by atoms with Crippen molar-refractivity contribution in [3.8, 4) is 0 Å². The molecule has 1 heterocycles. The fourth-order valence-corrected chi connectivity index (χ4v) is 2.79. The minimum atomic E-state index is -0.707. The Morgan fingerprint density at radius 3 is 2.36 bits per heavy atom. The number of nitrogens with one attached hydrogen (secondary N) is 1. The van der Waals surface area contributed by atoms with E-state index in [-0.39, 0.29) is 35.4 Å². The number of nitrogens with zero attached hydrogens (tertiary/aromatic N) is 2. The maximum atomic E-state index is 13.6. The van der Waals surface area contributed by atoms with Crippen LogP contribution in [-0.2, 0) is 23.9 Å². The van der Waals surface area contributed by atoms with E-state index >= 15 is 0 Å². The van der Waals surface area contributed by atoms with Gasteiger partial charge in [0.2, 0.25) is 11.8 Å². The van der Waals surface area contributed by atoms with E-state index < -0.39 is 24.3 Å². The van der Waals surface area contributed by atoms with E-state index in [2.05, 4.69) is 5.32 Å². The molecule has 1 fully saturated rings. The summed E-state index contributed by atoms with van der Waals surface area (Å²) in [5.74, 6) is -2.37. The number of ether oxygens (including phenoxy) is 1. The first kappa shape index (κ1) is 21.6. The average Bonchev–Trinajstić information content (AvgIpc) is 2.66. The second-order valence-electron chi connectivity index (χ2n) is 6.22. The number of carbonyl (C=O) groups is 4. The Hall–Kier alpha value is -2.68. The summed E-state index contributed by atoms with van der Waals surface area (Å²) in [6, 6.07) is 3.75. The van der Waals surface area contributed by atoms with Gasteiger partial charge in [-0.2, -0.15) is 0 Å². The number of halogens is 2. The Balaban J connectivity index is 1.67. The van der Waals surface area contributed by atoms with Crippen LogP contribution in [0.2, 0.25) is 5.02 Å². The van der Waals surface area contributed by atoms with Crippen LogP contribution in [-0.4, -0.2) is 66.3 Å². The summed E-state index contributed by atoms with van der Waals surface area (Å²) in [5, 5.41) is 2.45. The lowest BCUT2D eigenvalue weighted by atomic mass is 10.2. The highest BCUT2D eigenvalue weighted by atomic mass is 35.5. The molecule has 1 saturated heterocycles. The van der Waals surface area contributed by atoms with Crippen LogP contribution >= 0.6 is 11.6 Å². The lowest BCUT2D eigenvalue weighted by molar-refractivity contribution is -0.149. The normalized spacial score (nSPS) is 13.8. The zero-order chi connectivity index (χ0) is 20.7. The van der Waals surface area contributed by atoms with E-state index in [1.165, 1.54) is 19.1 Å². The standard InChI is InChI=1S/C18H21ClFN3O5/c1-12(24)22-6-8-23(9-7-22)17(26)4-5-18(27)28-11-16(25)21-15-3-2-13(19)10-14(15)20/h2-3,10H,4-9,11H2,1H3,(H,21,25). The summed E-state index contributed by atoms with van der Waals surface area (Å²) >= 11 is 5.62. The number of benzene rings is 1. The molecule has 8 nitrogen and oxygen atoms in total. The summed E-state index contributed by atoms with van der Waals surface area (Å²) in [6.45, 7) is 2.66. The number of esters is 1. The Kier molecular flexibility index (Phi) is 7.74. The number of anilines is 1. The van der Waals surface area contributed by atoms with Crippen molar-refractivity contribution in [2.45, 2.75) is 19.8 Å². The third kappa shape index (κ3) is 6.49. The van der Waals surface area contributed by atoms with Gasteiger partial charge in [-0.1, -0.05) is 11.6 Å². The molecule has 0 spiro atoms. The third-order valence-corrected chi connectivity index (χ3v) is 4.43. The number of piperazine rings is 1. The van der Waals surface area contributed by atoms with Crippen LogP contribution in [0.15, 0.2) is 18.2 Å². The Bertz CT molecular complexity index is 766. The maximum absolute atomic E-state index is 13.6. The van der Waals surface area contributed by atoms with Gasteiger partial charge < -0.3 is 19.9 Å².